The number of anilines is 1. The maximum Gasteiger partial charge on any atom is 0.264 e. The second-order valence-electron chi connectivity index (χ2n) is 10.1. The number of carbonyl (C=O) groups excluding carboxylic acids is 1. The Bertz CT molecular complexity index is 1530. The van der Waals surface area contributed by atoms with Crippen LogP contribution in [-0.2, 0) is 14.8 Å². The molecular formula is C32H31Cl2N3O3S. The number of halogens is 2. The number of aryl methyl sites for hydroxylation is 1. The Hall–Kier alpha value is -3.36. The minimum absolute atomic E-state index is 0.0571. The molecule has 0 bridgehead atoms. The van der Waals surface area contributed by atoms with E-state index in [-0.39, 0.29) is 39.1 Å². The highest BCUT2D eigenvalue weighted by molar-refractivity contribution is 7.92. The van der Waals surface area contributed by atoms with Crippen molar-refractivity contribution in [2.24, 2.45) is 0 Å². The molecule has 0 aromatic heterocycles. The number of rotatable bonds is 8. The first-order valence-corrected chi connectivity index (χ1v) is 15.6. The summed E-state index contributed by atoms with van der Waals surface area (Å²) in [7, 11) is -4.08. The molecule has 4 aromatic carbocycles. The van der Waals surface area contributed by atoms with Gasteiger partial charge in [0, 0.05) is 36.2 Å². The molecule has 1 heterocycles. The Morgan fingerprint density at radius 3 is 1.80 bits per heavy atom. The Labute approximate surface area is 251 Å². The van der Waals surface area contributed by atoms with E-state index in [4.69, 9.17) is 23.2 Å². The van der Waals surface area contributed by atoms with E-state index in [0.29, 0.717) is 26.2 Å². The van der Waals surface area contributed by atoms with Crippen LogP contribution in [-0.4, -0.2) is 56.8 Å². The monoisotopic (exact) mass is 607 g/mol. The molecule has 1 aliphatic rings. The fourth-order valence-electron chi connectivity index (χ4n) is 5.17. The van der Waals surface area contributed by atoms with E-state index in [1.165, 1.54) is 29.3 Å². The van der Waals surface area contributed by atoms with Gasteiger partial charge in [-0.2, -0.15) is 0 Å². The van der Waals surface area contributed by atoms with Crippen molar-refractivity contribution in [3.8, 4) is 0 Å². The van der Waals surface area contributed by atoms with E-state index in [1.54, 1.807) is 29.2 Å². The molecule has 0 radical (unpaired) electrons. The molecule has 1 saturated heterocycles. The molecule has 0 unspecified atom stereocenters. The van der Waals surface area contributed by atoms with Gasteiger partial charge in [0.2, 0.25) is 5.91 Å². The molecule has 0 atom stereocenters. The van der Waals surface area contributed by atoms with E-state index < -0.39 is 10.0 Å². The number of hydrogen-bond donors (Lipinski definition) is 0. The van der Waals surface area contributed by atoms with Crippen molar-refractivity contribution in [1.29, 1.82) is 0 Å². The highest BCUT2D eigenvalue weighted by Crippen LogP contribution is 2.31. The van der Waals surface area contributed by atoms with Crippen LogP contribution in [0.4, 0.5) is 5.69 Å². The molecule has 1 aliphatic heterocycles. The maximum atomic E-state index is 13.8. The average molecular weight is 609 g/mol. The molecule has 0 aliphatic carbocycles. The van der Waals surface area contributed by atoms with Gasteiger partial charge in [-0.05, 0) is 48.4 Å². The third-order valence-electron chi connectivity index (χ3n) is 7.29. The smallest absolute Gasteiger partial charge is 0.264 e. The van der Waals surface area contributed by atoms with Crippen molar-refractivity contribution in [3.05, 3.63) is 130 Å². The normalized spacial score (nSPS) is 14.3. The van der Waals surface area contributed by atoms with Gasteiger partial charge in [-0.15, -0.1) is 0 Å². The number of piperazine rings is 1. The van der Waals surface area contributed by atoms with Crippen molar-refractivity contribution in [2.45, 2.75) is 17.9 Å². The van der Waals surface area contributed by atoms with Crippen LogP contribution in [0.5, 0.6) is 0 Å². The summed E-state index contributed by atoms with van der Waals surface area (Å²) < 4.78 is 28.7. The summed E-state index contributed by atoms with van der Waals surface area (Å²) in [4.78, 5) is 17.8. The van der Waals surface area contributed by atoms with Crippen molar-refractivity contribution in [1.82, 2.24) is 9.80 Å². The summed E-state index contributed by atoms with van der Waals surface area (Å²) in [6.07, 6.45) is 0. The van der Waals surface area contributed by atoms with Crippen LogP contribution in [0.15, 0.2) is 108 Å². The van der Waals surface area contributed by atoms with Crippen molar-refractivity contribution < 1.29 is 13.2 Å². The topological polar surface area (TPSA) is 60.9 Å². The largest absolute Gasteiger partial charge is 0.339 e. The lowest BCUT2D eigenvalue weighted by Gasteiger charge is -2.40. The van der Waals surface area contributed by atoms with Crippen LogP contribution >= 0.6 is 23.2 Å². The molecule has 0 N–H and O–H groups in total. The van der Waals surface area contributed by atoms with Crippen LogP contribution in [0, 0.1) is 6.92 Å². The molecule has 1 fully saturated rings. The Kier molecular flexibility index (Phi) is 9.00. The van der Waals surface area contributed by atoms with Gasteiger partial charge in [0.05, 0.1) is 16.6 Å². The number of nitrogens with zero attached hydrogens (tertiary/aromatic N) is 3. The van der Waals surface area contributed by atoms with E-state index in [2.05, 4.69) is 29.2 Å². The van der Waals surface area contributed by atoms with Gasteiger partial charge in [0.15, 0.2) is 0 Å². The average Bonchev–Trinajstić information content (AvgIpc) is 2.97. The van der Waals surface area contributed by atoms with Gasteiger partial charge < -0.3 is 4.90 Å². The van der Waals surface area contributed by atoms with Crippen molar-refractivity contribution >= 4 is 44.8 Å². The van der Waals surface area contributed by atoms with Gasteiger partial charge in [-0.25, -0.2) is 8.42 Å². The van der Waals surface area contributed by atoms with Gasteiger partial charge in [0.25, 0.3) is 10.0 Å². The highest BCUT2D eigenvalue weighted by Gasteiger charge is 2.32. The standard InChI is InChI=1S/C32H31Cl2N3O3S/c1-24-12-14-30(15-13-24)41(39,40)37(29-21-27(33)20-28(34)22-29)23-31(38)35-16-18-36(19-17-35)32(25-8-4-2-5-9-25)26-10-6-3-7-11-26/h2-15,20-22,32H,16-19,23H2,1H3. The lowest BCUT2D eigenvalue weighted by atomic mass is 9.96. The third kappa shape index (κ3) is 6.76. The number of hydrogen-bond acceptors (Lipinski definition) is 4. The zero-order valence-electron chi connectivity index (χ0n) is 22.7. The molecule has 9 heteroatoms. The lowest BCUT2D eigenvalue weighted by Crippen LogP contribution is -2.52. The van der Waals surface area contributed by atoms with Crippen LogP contribution in [0.2, 0.25) is 10.0 Å². The molecular weight excluding hydrogens is 577 g/mol. The minimum Gasteiger partial charge on any atom is -0.339 e. The molecule has 0 saturated carbocycles. The number of carbonyl (C=O) groups is 1. The van der Waals surface area contributed by atoms with Crippen LogP contribution in [0.25, 0.3) is 0 Å². The van der Waals surface area contributed by atoms with Gasteiger partial charge >= 0.3 is 0 Å². The summed E-state index contributed by atoms with van der Waals surface area (Å²) in [6, 6.07) is 31.8. The Morgan fingerprint density at radius 2 is 1.29 bits per heavy atom. The third-order valence-corrected chi connectivity index (χ3v) is 9.51. The fraction of sp³-hybridized carbons (Fsp3) is 0.219. The zero-order valence-corrected chi connectivity index (χ0v) is 25.0. The van der Waals surface area contributed by atoms with Crippen LogP contribution in [0.3, 0.4) is 0 Å². The summed E-state index contributed by atoms with van der Waals surface area (Å²) in [5.41, 5.74) is 3.54. The summed E-state index contributed by atoms with van der Waals surface area (Å²) in [5.74, 6) is -0.285. The number of sulfonamides is 1. The van der Waals surface area contributed by atoms with Crippen molar-refractivity contribution in [3.63, 3.8) is 0 Å². The molecule has 6 nitrogen and oxygen atoms in total. The first-order valence-electron chi connectivity index (χ1n) is 13.4. The number of amides is 1. The Balaban J connectivity index is 1.37. The molecule has 41 heavy (non-hydrogen) atoms. The number of benzene rings is 4. The highest BCUT2D eigenvalue weighted by atomic mass is 35.5. The predicted molar refractivity (Wildman–Crippen MR) is 165 cm³/mol. The first kappa shape index (κ1) is 29.1. The second-order valence-corrected chi connectivity index (χ2v) is 12.8. The molecule has 1 amide bonds. The van der Waals surface area contributed by atoms with Gasteiger partial charge in [0.1, 0.15) is 6.54 Å². The van der Waals surface area contributed by atoms with Crippen LogP contribution in [0.1, 0.15) is 22.7 Å². The quantitative estimate of drug-likeness (QED) is 0.231. The lowest BCUT2D eigenvalue weighted by molar-refractivity contribution is -0.131. The van der Waals surface area contributed by atoms with E-state index in [0.717, 1.165) is 9.87 Å². The molecule has 4 aromatic rings. The Morgan fingerprint density at radius 1 is 0.780 bits per heavy atom. The van der Waals surface area contributed by atoms with E-state index >= 15 is 0 Å². The van der Waals surface area contributed by atoms with Gasteiger partial charge in [-0.3, -0.25) is 14.0 Å². The second kappa shape index (κ2) is 12.7. The fourth-order valence-corrected chi connectivity index (χ4v) is 7.09. The van der Waals surface area contributed by atoms with E-state index in [9.17, 15) is 13.2 Å². The maximum absolute atomic E-state index is 13.8. The molecule has 212 valence electrons. The first-order chi connectivity index (χ1) is 19.7. The minimum atomic E-state index is -4.08. The SMILES string of the molecule is Cc1ccc(S(=O)(=O)N(CC(=O)N2CCN(C(c3ccccc3)c3ccccc3)CC2)c2cc(Cl)cc(Cl)c2)cc1. The summed E-state index contributed by atoms with van der Waals surface area (Å²) in [5, 5.41) is 0.566. The predicted octanol–water partition coefficient (Wildman–Crippen LogP) is 6.43. The van der Waals surface area contributed by atoms with Crippen LogP contribution < -0.4 is 4.31 Å². The molecule has 0 spiro atoms. The van der Waals surface area contributed by atoms with Crippen molar-refractivity contribution in [2.75, 3.05) is 37.0 Å². The zero-order chi connectivity index (χ0) is 29.0. The molecule has 5 rings (SSSR count). The summed E-state index contributed by atoms with van der Waals surface area (Å²) in [6.45, 7) is 3.76. The summed E-state index contributed by atoms with van der Waals surface area (Å²) >= 11 is 12.5. The van der Waals surface area contributed by atoms with E-state index in [1.807, 2.05) is 43.3 Å². The van der Waals surface area contributed by atoms with Gasteiger partial charge in [-0.1, -0.05) is 102 Å².